The van der Waals surface area contributed by atoms with Gasteiger partial charge < -0.3 is 15.1 Å². The molecule has 0 saturated carbocycles. The average molecular weight is 412 g/mol. The fraction of sp³-hybridized carbons (Fsp3) is 0.500. The number of thioether (sulfide) groups is 1. The van der Waals surface area contributed by atoms with Gasteiger partial charge in [0.2, 0.25) is 11.0 Å². The molecule has 1 fully saturated rings. The molecule has 7 nitrogen and oxygen atoms in total. The van der Waals surface area contributed by atoms with Crippen LogP contribution in [0.4, 0.5) is 5.13 Å². The minimum absolute atomic E-state index is 0.00227. The summed E-state index contributed by atoms with van der Waals surface area (Å²) in [7, 11) is 0. The van der Waals surface area contributed by atoms with Gasteiger partial charge in [-0.3, -0.25) is 9.59 Å². The molecule has 3 heterocycles. The molecule has 1 N–H and O–H groups in total. The molecule has 2 amide bonds. The third-order valence-electron chi connectivity index (χ3n) is 3.74. The van der Waals surface area contributed by atoms with Gasteiger partial charge in [0, 0.05) is 32.2 Å². The molecule has 1 aliphatic heterocycles. The van der Waals surface area contributed by atoms with Crippen molar-refractivity contribution in [2.75, 3.05) is 36.8 Å². The van der Waals surface area contributed by atoms with Crippen LogP contribution in [0.2, 0.25) is 0 Å². The summed E-state index contributed by atoms with van der Waals surface area (Å²) in [6.07, 6.45) is 0. The quantitative estimate of drug-likeness (QED) is 0.734. The monoisotopic (exact) mass is 411 g/mol. The molecule has 3 rings (SSSR count). The van der Waals surface area contributed by atoms with E-state index in [1.54, 1.807) is 0 Å². The normalized spacial score (nSPS) is 14.7. The van der Waals surface area contributed by atoms with E-state index in [0.717, 1.165) is 27.4 Å². The zero-order valence-electron chi connectivity index (χ0n) is 14.7. The number of anilines is 1. The lowest BCUT2D eigenvalue weighted by Gasteiger charge is -2.34. The van der Waals surface area contributed by atoms with E-state index in [1.165, 1.54) is 34.4 Å². The minimum atomic E-state index is 0.00227. The lowest BCUT2D eigenvalue weighted by molar-refractivity contribution is -0.119. The van der Waals surface area contributed by atoms with Crippen LogP contribution in [0.5, 0.6) is 0 Å². The molecule has 2 aromatic rings. The number of nitrogens with one attached hydrogen (secondary N) is 1. The Morgan fingerprint density at radius 1 is 1.27 bits per heavy atom. The Hall–Kier alpha value is -1.65. The van der Waals surface area contributed by atoms with Gasteiger partial charge in [0.05, 0.1) is 10.6 Å². The molecular formula is C16H21N5O2S3. The van der Waals surface area contributed by atoms with E-state index in [9.17, 15) is 9.59 Å². The molecule has 0 unspecified atom stereocenters. The van der Waals surface area contributed by atoms with E-state index in [0.29, 0.717) is 18.8 Å². The number of rotatable bonds is 6. The predicted molar refractivity (Wildman–Crippen MR) is 106 cm³/mol. The van der Waals surface area contributed by atoms with Gasteiger partial charge in [-0.25, -0.2) is 0 Å². The van der Waals surface area contributed by atoms with Crippen molar-refractivity contribution < 1.29 is 9.59 Å². The van der Waals surface area contributed by atoms with Crippen molar-refractivity contribution in [3.05, 3.63) is 22.4 Å². The first-order valence-corrected chi connectivity index (χ1v) is 11.0. The lowest BCUT2D eigenvalue weighted by Crippen LogP contribution is -2.48. The SMILES string of the molecule is CC(C)NC(=O)CSc1nnc(N2CCN(C(=O)c3cccs3)CC2)s1. The van der Waals surface area contributed by atoms with Gasteiger partial charge in [-0.15, -0.1) is 21.5 Å². The van der Waals surface area contributed by atoms with Crippen molar-refractivity contribution in [3.63, 3.8) is 0 Å². The van der Waals surface area contributed by atoms with E-state index in [1.807, 2.05) is 36.3 Å². The summed E-state index contributed by atoms with van der Waals surface area (Å²) >= 11 is 4.37. The highest BCUT2D eigenvalue weighted by Crippen LogP contribution is 2.28. The third-order valence-corrected chi connectivity index (χ3v) is 6.72. The van der Waals surface area contributed by atoms with Crippen molar-refractivity contribution in [2.45, 2.75) is 24.2 Å². The number of piperazine rings is 1. The first-order valence-electron chi connectivity index (χ1n) is 8.36. The van der Waals surface area contributed by atoms with Crippen molar-refractivity contribution in [1.82, 2.24) is 20.4 Å². The molecule has 2 aromatic heterocycles. The topological polar surface area (TPSA) is 78.4 Å². The number of hydrogen-bond donors (Lipinski definition) is 1. The second kappa shape index (κ2) is 8.83. The number of nitrogens with zero attached hydrogens (tertiary/aromatic N) is 4. The highest BCUT2D eigenvalue weighted by atomic mass is 32.2. The zero-order valence-corrected chi connectivity index (χ0v) is 17.1. The van der Waals surface area contributed by atoms with Gasteiger partial charge in [-0.2, -0.15) is 0 Å². The molecule has 1 aliphatic rings. The summed E-state index contributed by atoms with van der Waals surface area (Å²) < 4.78 is 0.788. The number of carbonyl (C=O) groups is 2. The Kier molecular flexibility index (Phi) is 6.49. The first kappa shape index (κ1) is 19.1. The maximum atomic E-state index is 12.4. The molecule has 0 spiro atoms. The predicted octanol–water partition coefficient (Wildman–Crippen LogP) is 2.18. The zero-order chi connectivity index (χ0) is 18.5. The standard InChI is InChI=1S/C16H21N5O2S3/c1-11(2)17-13(22)10-25-16-19-18-15(26-16)21-7-5-20(6-8-21)14(23)12-4-3-9-24-12/h3-4,9,11H,5-8,10H2,1-2H3,(H,17,22). The second-order valence-electron chi connectivity index (χ2n) is 6.12. The Labute approximate surface area is 164 Å². The Morgan fingerprint density at radius 3 is 2.69 bits per heavy atom. The van der Waals surface area contributed by atoms with E-state index in [-0.39, 0.29) is 17.9 Å². The van der Waals surface area contributed by atoms with Gasteiger partial charge in [0.15, 0.2) is 4.34 Å². The smallest absolute Gasteiger partial charge is 0.264 e. The summed E-state index contributed by atoms with van der Waals surface area (Å²) in [5.74, 6) is 0.447. The number of thiophene rings is 1. The summed E-state index contributed by atoms with van der Waals surface area (Å²) in [5.41, 5.74) is 0. The molecule has 0 atom stereocenters. The molecule has 140 valence electrons. The Morgan fingerprint density at radius 2 is 2.04 bits per heavy atom. The van der Waals surface area contributed by atoms with Crippen LogP contribution >= 0.6 is 34.4 Å². The van der Waals surface area contributed by atoms with Crippen molar-refractivity contribution in [3.8, 4) is 0 Å². The van der Waals surface area contributed by atoms with E-state index < -0.39 is 0 Å². The van der Waals surface area contributed by atoms with Crippen LogP contribution in [0.1, 0.15) is 23.5 Å². The minimum Gasteiger partial charge on any atom is -0.353 e. The van der Waals surface area contributed by atoms with Crippen molar-refractivity contribution in [1.29, 1.82) is 0 Å². The molecular weight excluding hydrogens is 390 g/mol. The summed E-state index contributed by atoms with van der Waals surface area (Å²) in [6, 6.07) is 3.90. The van der Waals surface area contributed by atoms with Crippen molar-refractivity contribution in [2.24, 2.45) is 0 Å². The van der Waals surface area contributed by atoms with Crippen LogP contribution in [0, 0.1) is 0 Å². The van der Waals surface area contributed by atoms with Crippen molar-refractivity contribution >= 4 is 51.4 Å². The lowest BCUT2D eigenvalue weighted by atomic mass is 10.3. The third kappa shape index (κ3) is 4.95. The number of aromatic nitrogens is 2. The largest absolute Gasteiger partial charge is 0.353 e. The van der Waals surface area contributed by atoms with Gasteiger partial charge >= 0.3 is 0 Å². The summed E-state index contributed by atoms with van der Waals surface area (Å²) in [5, 5.41) is 14.0. The number of amides is 2. The molecule has 0 bridgehead atoms. The fourth-order valence-electron chi connectivity index (χ4n) is 2.54. The molecule has 0 radical (unpaired) electrons. The number of hydrogen-bond acceptors (Lipinski definition) is 8. The van der Waals surface area contributed by atoms with Crippen LogP contribution in [0.15, 0.2) is 21.9 Å². The second-order valence-corrected chi connectivity index (χ2v) is 9.24. The Bertz CT molecular complexity index is 739. The van der Waals surface area contributed by atoms with Gasteiger partial charge in [-0.05, 0) is 25.3 Å². The molecule has 0 aliphatic carbocycles. The van der Waals surface area contributed by atoms with Gasteiger partial charge in [-0.1, -0.05) is 29.2 Å². The van der Waals surface area contributed by atoms with E-state index >= 15 is 0 Å². The Balaban J connectivity index is 1.48. The maximum Gasteiger partial charge on any atom is 0.264 e. The average Bonchev–Trinajstić information content (AvgIpc) is 3.31. The number of carbonyl (C=O) groups excluding carboxylic acids is 2. The molecule has 1 saturated heterocycles. The summed E-state index contributed by atoms with van der Waals surface area (Å²) in [6.45, 7) is 6.71. The molecule has 0 aromatic carbocycles. The van der Waals surface area contributed by atoms with Crippen LogP contribution < -0.4 is 10.2 Å². The van der Waals surface area contributed by atoms with Crippen LogP contribution in [-0.2, 0) is 4.79 Å². The van der Waals surface area contributed by atoms with E-state index in [2.05, 4.69) is 20.4 Å². The fourth-order valence-corrected chi connectivity index (χ4v) is 4.93. The van der Waals surface area contributed by atoms with Crippen LogP contribution in [-0.4, -0.2) is 64.9 Å². The van der Waals surface area contributed by atoms with Gasteiger partial charge in [0.25, 0.3) is 5.91 Å². The van der Waals surface area contributed by atoms with Gasteiger partial charge in [0.1, 0.15) is 0 Å². The molecule has 26 heavy (non-hydrogen) atoms. The molecule has 10 heteroatoms. The van der Waals surface area contributed by atoms with E-state index in [4.69, 9.17) is 0 Å². The summed E-state index contributed by atoms with van der Waals surface area (Å²) in [4.78, 5) is 28.9. The highest BCUT2D eigenvalue weighted by molar-refractivity contribution is 8.01. The maximum absolute atomic E-state index is 12.4. The van der Waals surface area contributed by atoms with Crippen LogP contribution in [0.3, 0.4) is 0 Å². The first-order chi connectivity index (χ1) is 12.5. The highest BCUT2D eigenvalue weighted by Gasteiger charge is 2.24. The van der Waals surface area contributed by atoms with Crippen LogP contribution in [0.25, 0.3) is 0 Å².